The SMILES string of the molecule is Cc1cc(Nc2cc(-c3ccc(F)c(NC(=O)C4=CC5=C(C4)C4CCC4=C5)c3)n[nH]c2=O)nn1C. The van der Waals surface area contributed by atoms with Crippen LogP contribution in [0, 0.1) is 18.7 Å². The number of nitrogens with zero attached hydrogens (tertiary/aromatic N) is 3. The number of allylic oxidation sites excluding steroid dienone is 5. The molecule has 3 N–H and O–H groups in total. The monoisotopic (exact) mass is 470 g/mol. The largest absolute Gasteiger partial charge is 0.334 e. The van der Waals surface area contributed by atoms with Crippen LogP contribution in [-0.2, 0) is 11.8 Å². The van der Waals surface area contributed by atoms with Gasteiger partial charge in [0.05, 0.1) is 11.4 Å². The number of benzene rings is 1. The van der Waals surface area contributed by atoms with E-state index >= 15 is 0 Å². The van der Waals surface area contributed by atoms with Crippen molar-refractivity contribution in [3.05, 3.63) is 86.6 Å². The minimum absolute atomic E-state index is 0.0585. The molecule has 0 radical (unpaired) electrons. The van der Waals surface area contributed by atoms with Crippen LogP contribution in [0.25, 0.3) is 11.3 Å². The van der Waals surface area contributed by atoms with Crippen molar-refractivity contribution >= 4 is 23.1 Å². The molecule has 2 heterocycles. The number of aromatic amines is 1. The standard InChI is InChI=1S/C26H23FN6O2/c1-13-7-24(32-33(13)2)28-23-12-21(30-31-26(23)35)15-4-6-20(27)22(11-15)29-25(34)17-9-16-8-14-3-5-18(14)19(16)10-17/h4,6-9,11-12,18H,3,5,10H2,1-2H3,(H,29,34)(H,31,35)(H,28,30,32). The van der Waals surface area contributed by atoms with E-state index in [4.69, 9.17) is 0 Å². The van der Waals surface area contributed by atoms with Crippen molar-refractivity contribution in [3.8, 4) is 11.3 Å². The molecule has 0 spiro atoms. The van der Waals surface area contributed by atoms with Crippen molar-refractivity contribution in [1.29, 1.82) is 0 Å². The number of aryl methyl sites for hydroxylation is 2. The molecule has 1 saturated carbocycles. The van der Waals surface area contributed by atoms with Crippen molar-refractivity contribution in [1.82, 2.24) is 20.0 Å². The number of fused-ring (bicyclic) bond motifs is 2. The molecule has 0 bridgehead atoms. The van der Waals surface area contributed by atoms with E-state index in [2.05, 4.69) is 32.0 Å². The zero-order chi connectivity index (χ0) is 24.3. The lowest BCUT2D eigenvalue weighted by Gasteiger charge is -2.28. The summed E-state index contributed by atoms with van der Waals surface area (Å²) in [6.07, 6.45) is 7.00. The quantitative estimate of drug-likeness (QED) is 0.516. The number of H-pyrrole nitrogens is 1. The number of carbonyl (C=O) groups excluding carboxylic acids is 1. The lowest BCUT2D eigenvalue weighted by atomic mass is 9.77. The van der Waals surface area contributed by atoms with Crippen LogP contribution in [0.2, 0.25) is 0 Å². The van der Waals surface area contributed by atoms with Crippen molar-refractivity contribution < 1.29 is 9.18 Å². The molecule has 0 aliphatic heterocycles. The topological polar surface area (TPSA) is 105 Å². The summed E-state index contributed by atoms with van der Waals surface area (Å²) >= 11 is 0. The van der Waals surface area contributed by atoms with Crippen molar-refractivity contribution in [2.75, 3.05) is 10.6 Å². The van der Waals surface area contributed by atoms with Crippen LogP contribution in [-0.4, -0.2) is 25.9 Å². The third-order valence-electron chi connectivity index (χ3n) is 6.99. The van der Waals surface area contributed by atoms with Gasteiger partial charge in [-0.25, -0.2) is 9.49 Å². The highest BCUT2D eigenvalue weighted by atomic mass is 19.1. The number of halogens is 1. The molecule has 6 rings (SSSR count). The summed E-state index contributed by atoms with van der Waals surface area (Å²) in [4.78, 5) is 25.2. The van der Waals surface area contributed by atoms with Gasteiger partial charge >= 0.3 is 0 Å². The second kappa shape index (κ2) is 7.90. The van der Waals surface area contributed by atoms with Gasteiger partial charge in [-0.1, -0.05) is 17.2 Å². The van der Waals surface area contributed by atoms with Crippen molar-refractivity contribution in [2.45, 2.75) is 26.2 Å². The van der Waals surface area contributed by atoms with E-state index in [1.54, 1.807) is 16.8 Å². The highest BCUT2D eigenvalue weighted by Crippen LogP contribution is 2.50. The Morgan fingerprint density at radius 2 is 2.06 bits per heavy atom. The third kappa shape index (κ3) is 3.69. The molecule has 35 heavy (non-hydrogen) atoms. The van der Waals surface area contributed by atoms with Gasteiger partial charge < -0.3 is 10.6 Å². The number of rotatable bonds is 5. The zero-order valence-corrected chi connectivity index (χ0v) is 19.3. The molecule has 3 aliphatic rings. The van der Waals surface area contributed by atoms with Crippen LogP contribution in [0.1, 0.15) is 25.0 Å². The maximum absolute atomic E-state index is 14.6. The van der Waals surface area contributed by atoms with Gasteiger partial charge in [-0.15, -0.1) is 0 Å². The molecule has 0 saturated heterocycles. The first kappa shape index (κ1) is 21.3. The van der Waals surface area contributed by atoms with Crippen LogP contribution in [0.3, 0.4) is 0 Å². The molecule has 9 heteroatoms. The zero-order valence-electron chi connectivity index (χ0n) is 19.3. The fraction of sp³-hybridized carbons (Fsp3) is 0.231. The fourth-order valence-electron chi connectivity index (χ4n) is 4.86. The second-order valence-corrected chi connectivity index (χ2v) is 9.20. The maximum atomic E-state index is 14.6. The maximum Gasteiger partial charge on any atom is 0.287 e. The molecule has 3 aliphatic carbocycles. The molecular weight excluding hydrogens is 447 g/mol. The van der Waals surface area contributed by atoms with Crippen molar-refractivity contribution in [3.63, 3.8) is 0 Å². The number of anilines is 3. The van der Waals surface area contributed by atoms with Crippen LogP contribution in [0.5, 0.6) is 0 Å². The van der Waals surface area contributed by atoms with E-state index in [0.29, 0.717) is 35.0 Å². The summed E-state index contributed by atoms with van der Waals surface area (Å²) in [5, 5.41) is 16.6. The van der Waals surface area contributed by atoms with E-state index in [0.717, 1.165) is 24.1 Å². The summed E-state index contributed by atoms with van der Waals surface area (Å²) in [5.41, 5.74) is 6.34. The molecule has 2 aromatic heterocycles. The van der Waals surface area contributed by atoms with Crippen LogP contribution >= 0.6 is 0 Å². The van der Waals surface area contributed by atoms with Crippen LogP contribution in [0.4, 0.5) is 21.6 Å². The highest BCUT2D eigenvalue weighted by molar-refractivity contribution is 6.05. The Bertz CT molecular complexity index is 1540. The van der Waals surface area contributed by atoms with E-state index in [1.807, 2.05) is 26.1 Å². The third-order valence-corrected chi connectivity index (χ3v) is 6.99. The second-order valence-electron chi connectivity index (χ2n) is 9.20. The first-order chi connectivity index (χ1) is 16.9. The predicted molar refractivity (Wildman–Crippen MR) is 131 cm³/mol. The first-order valence-electron chi connectivity index (χ1n) is 11.5. The van der Waals surface area contributed by atoms with Gasteiger partial charge in [0.2, 0.25) is 0 Å². The van der Waals surface area contributed by atoms with Gasteiger partial charge in [0.15, 0.2) is 5.82 Å². The number of aromatic nitrogens is 4. The number of hydrogen-bond donors (Lipinski definition) is 3. The Labute approximate surface area is 200 Å². The van der Waals surface area contributed by atoms with Crippen molar-refractivity contribution in [2.24, 2.45) is 13.0 Å². The molecule has 1 aromatic carbocycles. The minimum Gasteiger partial charge on any atom is -0.334 e. The van der Waals surface area contributed by atoms with Gasteiger partial charge in [0.1, 0.15) is 11.5 Å². The molecule has 8 nitrogen and oxygen atoms in total. The Balaban J connectivity index is 1.23. The van der Waals surface area contributed by atoms with Gasteiger partial charge in [-0.05, 0) is 55.7 Å². The number of hydrogen-bond acceptors (Lipinski definition) is 5. The summed E-state index contributed by atoms with van der Waals surface area (Å²) in [7, 11) is 1.81. The average molecular weight is 471 g/mol. The summed E-state index contributed by atoms with van der Waals surface area (Å²) in [6, 6.07) is 7.72. The Morgan fingerprint density at radius 3 is 2.80 bits per heavy atom. The fourth-order valence-corrected chi connectivity index (χ4v) is 4.86. The molecule has 176 valence electrons. The summed E-state index contributed by atoms with van der Waals surface area (Å²) < 4.78 is 16.3. The summed E-state index contributed by atoms with van der Waals surface area (Å²) in [5.74, 6) is 0.158. The Kier molecular flexibility index (Phi) is 4.80. The Morgan fingerprint density at radius 1 is 1.20 bits per heavy atom. The van der Waals surface area contributed by atoms with Gasteiger partial charge in [0, 0.05) is 42.3 Å². The lowest BCUT2D eigenvalue weighted by molar-refractivity contribution is -0.112. The molecule has 1 amide bonds. The van der Waals surface area contributed by atoms with E-state index in [9.17, 15) is 14.0 Å². The summed E-state index contributed by atoms with van der Waals surface area (Å²) in [6.45, 7) is 1.90. The molecular formula is C26H23FN6O2. The van der Waals surface area contributed by atoms with Crippen LogP contribution in [0.15, 0.2) is 69.6 Å². The molecule has 1 unspecified atom stereocenters. The molecule has 1 fully saturated rings. The van der Waals surface area contributed by atoms with Gasteiger partial charge in [-0.3, -0.25) is 14.3 Å². The normalized spacial score (nSPS) is 18.0. The number of amides is 1. The van der Waals surface area contributed by atoms with Gasteiger partial charge in [0.25, 0.3) is 11.5 Å². The van der Waals surface area contributed by atoms with E-state index < -0.39 is 11.4 Å². The number of nitrogens with one attached hydrogen (secondary N) is 3. The van der Waals surface area contributed by atoms with E-state index in [1.165, 1.54) is 23.3 Å². The van der Waals surface area contributed by atoms with Gasteiger partial charge in [-0.2, -0.15) is 10.2 Å². The smallest absolute Gasteiger partial charge is 0.287 e. The number of carbonyl (C=O) groups is 1. The van der Waals surface area contributed by atoms with E-state index in [-0.39, 0.29) is 17.3 Å². The lowest BCUT2D eigenvalue weighted by Crippen LogP contribution is -2.18. The molecule has 1 atom stereocenters. The van der Waals surface area contributed by atoms with Crippen LogP contribution < -0.4 is 16.2 Å². The first-order valence-corrected chi connectivity index (χ1v) is 11.5. The minimum atomic E-state index is -0.547. The highest BCUT2D eigenvalue weighted by Gasteiger charge is 2.37. The Hall–Kier alpha value is -4.27. The predicted octanol–water partition coefficient (Wildman–Crippen LogP) is 4.28. The molecule has 3 aromatic rings. The average Bonchev–Trinajstić information content (AvgIpc) is 3.43.